The maximum absolute atomic E-state index is 11.2. The average Bonchev–Trinajstić information content (AvgIpc) is 2.59. The predicted octanol–water partition coefficient (Wildman–Crippen LogP) is 1.42. The summed E-state index contributed by atoms with van der Waals surface area (Å²) in [5, 5.41) is 4.38. The van der Waals surface area contributed by atoms with E-state index in [-0.39, 0.29) is 11.8 Å². The number of hydrogen-bond acceptors (Lipinski definition) is 4. The van der Waals surface area contributed by atoms with Crippen LogP contribution in [0.5, 0.6) is 5.75 Å². The van der Waals surface area contributed by atoms with Gasteiger partial charge in [0.15, 0.2) is 9.84 Å². The largest absolute Gasteiger partial charge is 0.495 e. The van der Waals surface area contributed by atoms with Crippen molar-refractivity contribution in [3.05, 3.63) is 35.7 Å². The van der Waals surface area contributed by atoms with Crippen molar-refractivity contribution in [3.8, 4) is 5.75 Å². The Morgan fingerprint density at radius 3 is 2.75 bits per heavy atom. The summed E-state index contributed by atoms with van der Waals surface area (Å²) < 4.78 is 27.6. The van der Waals surface area contributed by atoms with Crippen molar-refractivity contribution in [1.29, 1.82) is 0 Å². The van der Waals surface area contributed by atoms with Crippen LogP contribution in [0.25, 0.3) is 0 Å². The molecule has 1 aromatic rings. The van der Waals surface area contributed by atoms with Crippen molar-refractivity contribution < 1.29 is 13.2 Å². The third kappa shape index (κ3) is 2.36. The van der Waals surface area contributed by atoms with Crippen LogP contribution in [0, 0.1) is 0 Å². The molecule has 4 nitrogen and oxygen atoms in total. The van der Waals surface area contributed by atoms with Gasteiger partial charge in [0.1, 0.15) is 5.75 Å². The van der Waals surface area contributed by atoms with Gasteiger partial charge in [0.25, 0.3) is 0 Å². The zero-order chi connectivity index (χ0) is 11.6. The molecule has 1 atom stereocenters. The lowest BCUT2D eigenvalue weighted by atomic mass is 10.2. The number of para-hydroxylation sites is 2. The molecule has 1 aliphatic heterocycles. The van der Waals surface area contributed by atoms with E-state index in [4.69, 9.17) is 4.74 Å². The minimum atomic E-state index is -3.02. The molecule has 0 spiro atoms. The number of hydrogen-bond donors (Lipinski definition) is 1. The second kappa shape index (κ2) is 4.17. The minimum absolute atomic E-state index is 0.102. The van der Waals surface area contributed by atoms with E-state index >= 15 is 0 Å². The molecule has 0 aliphatic carbocycles. The summed E-state index contributed by atoms with van der Waals surface area (Å²) in [5.74, 6) is 0.811. The third-order valence-corrected chi connectivity index (χ3v) is 3.77. The van der Waals surface area contributed by atoms with Crippen LogP contribution in [0.2, 0.25) is 0 Å². The molecular formula is C11H13NO3S. The molecule has 1 N–H and O–H groups in total. The van der Waals surface area contributed by atoms with Crippen molar-refractivity contribution in [2.75, 3.05) is 18.2 Å². The number of methoxy groups -OCH3 is 1. The van der Waals surface area contributed by atoms with Gasteiger partial charge in [0, 0.05) is 5.41 Å². The molecule has 1 aliphatic rings. The molecule has 0 radical (unpaired) electrons. The van der Waals surface area contributed by atoms with E-state index in [2.05, 4.69) is 5.32 Å². The van der Waals surface area contributed by atoms with Crippen LogP contribution in [0.3, 0.4) is 0 Å². The number of anilines is 1. The van der Waals surface area contributed by atoms with Crippen molar-refractivity contribution >= 4 is 15.5 Å². The van der Waals surface area contributed by atoms with Crippen LogP contribution in [0.1, 0.15) is 0 Å². The van der Waals surface area contributed by atoms with Crippen molar-refractivity contribution in [2.24, 2.45) is 0 Å². The van der Waals surface area contributed by atoms with Gasteiger partial charge in [0.05, 0.1) is 24.6 Å². The van der Waals surface area contributed by atoms with Gasteiger partial charge in [-0.05, 0) is 12.1 Å². The Kier molecular flexibility index (Phi) is 2.87. The first kappa shape index (κ1) is 11.0. The van der Waals surface area contributed by atoms with Gasteiger partial charge in [-0.15, -0.1) is 0 Å². The van der Waals surface area contributed by atoms with Crippen LogP contribution in [0.4, 0.5) is 5.69 Å². The van der Waals surface area contributed by atoms with Gasteiger partial charge in [0.2, 0.25) is 0 Å². The average molecular weight is 239 g/mol. The highest BCUT2D eigenvalue weighted by molar-refractivity contribution is 7.94. The highest BCUT2D eigenvalue weighted by atomic mass is 32.2. The molecule has 16 heavy (non-hydrogen) atoms. The Bertz CT molecular complexity index is 508. The Morgan fingerprint density at radius 1 is 1.38 bits per heavy atom. The molecule has 0 saturated heterocycles. The van der Waals surface area contributed by atoms with Gasteiger partial charge in [-0.2, -0.15) is 0 Å². The molecule has 0 fully saturated rings. The number of ether oxygens (including phenoxy) is 1. The molecule has 0 aromatic heterocycles. The van der Waals surface area contributed by atoms with E-state index in [1.54, 1.807) is 13.2 Å². The topological polar surface area (TPSA) is 55.4 Å². The molecule has 1 heterocycles. The van der Waals surface area contributed by atoms with E-state index in [0.717, 1.165) is 5.69 Å². The van der Waals surface area contributed by atoms with Gasteiger partial charge in [-0.3, -0.25) is 0 Å². The molecule has 5 heteroatoms. The molecule has 0 amide bonds. The first-order chi connectivity index (χ1) is 7.61. The Hall–Kier alpha value is -1.49. The molecule has 0 saturated carbocycles. The van der Waals surface area contributed by atoms with Gasteiger partial charge in [-0.25, -0.2) is 8.42 Å². The maximum Gasteiger partial charge on any atom is 0.173 e. The summed E-state index contributed by atoms with van der Waals surface area (Å²) in [6.45, 7) is 0. The van der Waals surface area contributed by atoms with Crippen LogP contribution < -0.4 is 10.1 Å². The smallest absolute Gasteiger partial charge is 0.173 e. The third-order valence-electron chi connectivity index (χ3n) is 2.38. The molecule has 0 bridgehead atoms. The Morgan fingerprint density at radius 2 is 2.12 bits per heavy atom. The minimum Gasteiger partial charge on any atom is -0.495 e. The van der Waals surface area contributed by atoms with Crippen molar-refractivity contribution in [2.45, 2.75) is 6.04 Å². The lowest BCUT2D eigenvalue weighted by Crippen LogP contribution is -2.21. The van der Waals surface area contributed by atoms with Gasteiger partial charge >= 0.3 is 0 Å². The van der Waals surface area contributed by atoms with Crippen LogP contribution in [-0.2, 0) is 9.84 Å². The van der Waals surface area contributed by atoms with Crippen LogP contribution >= 0.6 is 0 Å². The summed E-state index contributed by atoms with van der Waals surface area (Å²) >= 11 is 0. The summed E-state index contributed by atoms with van der Waals surface area (Å²) in [4.78, 5) is 0. The Labute approximate surface area is 94.8 Å². The second-order valence-corrected chi connectivity index (χ2v) is 5.54. The van der Waals surface area contributed by atoms with E-state index in [1.807, 2.05) is 24.3 Å². The van der Waals surface area contributed by atoms with Crippen molar-refractivity contribution in [1.82, 2.24) is 0 Å². The van der Waals surface area contributed by atoms with E-state index in [9.17, 15) is 8.42 Å². The monoisotopic (exact) mass is 239 g/mol. The van der Waals surface area contributed by atoms with E-state index in [0.29, 0.717) is 5.75 Å². The normalized spacial score (nSPS) is 21.9. The first-order valence-corrected chi connectivity index (χ1v) is 6.63. The summed E-state index contributed by atoms with van der Waals surface area (Å²) in [7, 11) is -1.43. The maximum atomic E-state index is 11.2. The quantitative estimate of drug-likeness (QED) is 0.866. The molecule has 2 rings (SSSR count). The van der Waals surface area contributed by atoms with Crippen molar-refractivity contribution in [3.63, 3.8) is 0 Å². The second-order valence-electron chi connectivity index (χ2n) is 3.61. The molecule has 0 unspecified atom stereocenters. The predicted molar refractivity (Wildman–Crippen MR) is 63.3 cm³/mol. The molecule has 1 aromatic carbocycles. The van der Waals surface area contributed by atoms with Gasteiger partial charge < -0.3 is 10.1 Å². The fraction of sp³-hybridized carbons (Fsp3) is 0.273. The SMILES string of the molecule is COc1ccccc1N[C@@H]1C=CS(=O)(=O)C1. The molecular weight excluding hydrogens is 226 g/mol. The number of benzene rings is 1. The first-order valence-electron chi connectivity index (χ1n) is 4.91. The number of nitrogens with one attached hydrogen (secondary N) is 1. The summed E-state index contributed by atoms with van der Waals surface area (Å²) in [6.07, 6.45) is 1.65. The zero-order valence-electron chi connectivity index (χ0n) is 8.88. The fourth-order valence-electron chi connectivity index (χ4n) is 1.63. The van der Waals surface area contributed by atoms with E-state index < -0.39 is 9.84 Å². The summed E-state index contributed by atoms with van der Waals surface area (Å²) in [5.41, 5.74) is 0.803. The standard InChI is InChI=1S/C11H13NO3S/c1-15-11-5-3-2-4-10(11)12-9-6-7-16(13,14)8-9/h2-7,9,12H,8H2,1H3/t9-/m1/s1. The highest BCUT2D eigenvalue weighted by Gasteiger charge is 2.21. The number of rotatable bonds is 3. The lowest BCUT2D eigenvalue weighted by Gasteiger charge is -2.14. The Balaban J connectivity index is 2.14. The molecule has 86 valence electrons. The fourth-order valence-corrected chi connectivity index (χ4v) is 2.86. The zero-order valence-corrected chi connectivity index (χ0v) is 9.70. The number of sulfone groups is 1. The highest BCUT2D eigenvalue weighted by Crippen LogP contribution is 2.25. The van der Waals surface area contributed by atoms with Crippen LogP contribution in [-0.4, -0.2) is 27.3 Å². The lowest BCUT2D eigenvalue weighted by molar-refractivity contribution is 0.416. The van der Waals surface area contributed by atoms with E-state index in [1.165, 1.54) is 5.41 Å². The van der Waals surface area contributed by atoms with Gasteiger partial charge in [-0.1, -0.05) is 18.2 Å². The van der Waals surface area contributed by atoms with Crippen LogP contribution in [0.15, 0.2) is 35.7 Å². The summed E-state index contributed by atoms with van der Waals surface area (Å²) in [6, 6.07) is 7.25.